The van der Waals surface area contributed by atoms with Crippen LogP contribution in [0.25, 0.3) is 0 Å². The summed E-state index contributed by atoms with van der Waals surface area (Å²) in [6.07, 6.45) is 0.910. The van der Waals surface area contributed by atoms with E-state index < -0.39 is 0 Å². The number of aryl methyl sites for hydroxylation is 1. The first kappa shape index (κ1) is 13.7. The summed E-state index contributed by atoms with van der Waals surface area (Å²) in [5.74, 6) is 0.122. The fraction of sp³-hybridized carbons (Fsp3) is 0.583. The van der Waals surface area contributed by atoms with Crippen LogP contribution >= 0.6 is 27.3 Å². The van der Waals surface area contributed by atoms with E-state index in [1.807, 2.05) is 23.4 Å². The molecular weight excluding hydrogens is 286 g/mol. The van der Waals surface area contributed by atoms with Gasteiger partial charge in [0.15, 0.2) is 0 Å². The highest BCUT2D eigenvalue weighted by Gasteiger charge is 2.28. The van der Waals surface area contributed by atoms with E-state index in [4.69, 9.17) is 0 Å². The van der Waals surface area contributed by atoms with Crippen LogP contribution in [-0.4, -0.2) is 28.7 Å². The number of carbonyl (C=O) groups excluding carboxylic acids is 1. The van der Waals surface area contributed by atoms with Gasteiger partial charge in [-0.25, -0.2) is 0 Å². The molecule has 1 amide bonds. The number of rotatable bonds is 4. The van der Waals surface area contributed by atoms with Gasteiger partial charge in [-0.3, -0.25) is 4.79 Å². The summed E-state index contributed by atoms with van der Waals surface area (Å²) in [5, 5.41) is 2.76. The third-order valence-electron chi connectivity index (χ3n) is 2.86. The second-order valence-corrected chi connectivity index (χ2v) is 5.92. The minimum Gasteiger partial charge on any atom is -0.335 e. The van der Waals surface area contributed by atoms with E-state index in [0.717, 1.165) is 22.2 Å². The molecular formula is C12H18BrNOS. The zero-order valence-corrected chi connectivity index (χ0v) is 12.6. The molecule has 0 atom stereocenters. The number of carbonyl (C=O) groups is 1. The summed E-state index contributed by atoms with van der Waals surface area (Å²) in [4.78, 5) is 15.0. The Labute approximate surface area is 110 Å². The van der Waals surface area contributed by atoms with Crippen molar-refractivity contribution < 1.29 is 4.79 Å². The Balaban J connectivity index is 2.95. The van der Waals surface area contributed by atoms with Gasteiger partial charge < -0.3 is 4.90 Å². The van der Waals surface area contributed by atoms with Crippen LogP contribution in [0.5, 0.6) is 0 Å². The van der Waals surface area contributed by atoms with Crippen molar-refractivity contribution in [3.8, 4) is 0 Å². The predicted molar refractivity (Wildman–Crippen MR) is 73.7 cm³/mol. The first-order chi connectivity index (χ1) is 7.44. The normalized spacial score (nSPS) is 11.6. The minimum atomic E-state index is -0.161. The smallest absolute Gasteiger partial charge is 0.264 e. The molecule has 16 heavy (non-hydrogen) atoms. The molecule has 2 nitrogen and oxygen atoms in total. The van der Waals surface area contributed by atoms with Gasteiger partial charge in [0, 0.05) is 17.9 Å². The first-order valence-electron chi connectivity index (χ1n) is 5.34. The van der Waals surface area contributed by atoms with Crippen molar-refractivity contribution in [1.29, 1.82) is 0 Å². The van der Waals surface area contributed by atoms with Crippen LogP contribution in [0.15, 0.2) is 11.4 Å². The predicted octanol–water partition coefficient (Wildman–Crippen LogP) is 3.56. The van der Waals surface area contributed by atoms with Crippen LogP contribution < -0.4 is 0 Å². The SMILES string of the molecule is CCc1ccsc1C(=O)N(C)C(C)(C)CBr. The number of halogens is 1. The Hall–Kier alpha value is -0.350. The van der Waals surface area contributed by atoms with Gasteiger partial charge in [-0.2, -0.15) is 0 Å². The summed E-state index contributed by atoms with van der Waals surface area (Å²) in [6.45, 7) is 6.19. The summed E-state index contributed by atoms with van der Waals surface area (Å²) < 4.78 is 0. The molecule has 0 bridgehead atoms. The summed E-state index contributed by atoms with van der Waals surface area (Å²) in [6, 6.07) is 2.03. The average molecular weight is 304 g/mol. The molecule has 0 aliphatic heterocycles. The Morgan fingerprint density at radius 3 is 2.69 bits per heavy atom. The Morgan fingerprint density at radius 1 is 1.56 bits per heavy atom. The van der Waals surface area contributed by atoms with Crippen molar-refractivity contribution in [2.24, 2.45) is 0 Å². The highest BCUT2D eigenvalue weighted by atomic mass is 79.9. The van der Waals surface area contributed by atoms with Gasteiger partial charge in [-0.05, 0) is 37.3 Å². The number of thiophene rings is 1. The van der Waals surface area contributed by atoms with E-state index in [1.165, 1.54) is 11.3 Å². The molecule has 0 fully saturated rings. The van der Waals surface area contributed by atoms with E-state index in [0.29, 0.717) is 0 Å². The van der Waals surface area contributed by atoms with E-state index >= 15 is 0 Å². The van der Waals surface area contributed by atoms with Gasteiger partial charge in [0.25, 0.3) is 5.91 Å². The largest absolute Gasteiger partial charge is 0.335 e. The van der Waals surface area contributed by atoms with E-state index in [1.54, 1.807) is 0 Å². The molecule has 0 saturated heterocycles. The van der Waals surface area contributed by atoms with Gasteiger partial charge in [-0.15, -0.1) is 11.3 Å². The molecule has 0 aliphatic rings. The van der Waals surface area contributed by atoms with Gasteiger partial charge >= 0.3 is 0 Å². The molecule has 1 aromatic heterocycles. The second kappa shape index (κ2) is 5.32. The molecule has 0 unspecified atom stereocenters. The zero-order valence-electron chi connectivity index (χ0n) is 10.2. The topological polar surface area (TPSA) is 20.3 Å². The molecule has 1 rings (SSSR count). The third-order valence-corrected chi connectivity index (χ3v) is 5.18. The molecule has 0 aliphatic carbocycles. The molecule has 90 valence electrons. The molecule has 0 saturated carbocycles. The van der Waals surface area contributed by atoms with Crippen LogP contribution in [0, 0.1) is 0 Å². The quantitative estimate of drug-likeness (QED) is 0.779. The lowest BCUT2D eigenvalue weighted by Crippen LogP contribution is -2.46. The molecule has 0 aromatic carbocycles. The van der Waals surface area contributed by atoms with Gasteiger partial charge in [-0.1, -0.05) is 22.9 Å². The summed E-state index contributed by atoms with van der Waals surface area (Å²) >= 11 is 4.98. The maximum absolute atomic E-state index is 12.3. The third kappa shape index (κ3) is 2.66. The number of amides is 1. The second-order valence-electron chi connectivity index (χ2n) is 4.44. The number of alkyl halides is 1. The summed E-state index contributed by atoms with van der Waals surface area (Å²) in [5.41, 5.74) is 0.985. The lowest BCUT2D eigenvalue weighted by molar-refractivity contribution is 0.0667. The van der Waals surface area contributed by atoms with E-state index in [2.05, 4.69) is 36.7 Å². The monoisotopic (exact) mass is 303 g/mol. The van der Waals surface area contributed by atoms with Crippen molar-refractivity contribution in [1.82, 2.24) is 4.90 Å². The van der Waals surface area contributed by atoms with Gasteiger partial charge in [0.1, 0.15) is 0 Å². The number of nitrogens with zero attached hydrogens (tertiary/aromatic N) is 1. The average Bonchev–Trinajstić information content (AvgIpc) is 2.74. The van der Waals surface area contributed by atoms with Gasteiger partial charge in [0.05, 0.1) is 4.88 Å². The summed E-state index contributed by atoms with van der Waals surface area (Å²) in [7, 11) is 1.86. The lowest BCUT2D eigenvalue weighted by Gasteiger charge is -2.34. The van der Waals surface area contributed by atoms with Crippen LogP contribution in [0.4, 0.5) is 0 Å². The Morgan fingerprint density at radius 2 is 2.19 bits per heavy atom. The van der Waals surface area contributed by atoms with Crippen LogP contribution in [0.1, 0.15) is 36.0 Å². The molecule has 1 heterocycles. The molecule has 1 aromatic rings. The van der Waals surface area contributed by atoms with Crippen LogP contribution in [0.2, 0.25) is 0 Å². The van der Waals surface area contributed by atoms with E-state index in [-0.39, 0.29) is 11.4 Å². The highest BCUT2D eigenvalue weighted by molar-refractivity contribution is 9.09. The van der Waals surface area contributed by atoms with Crippen LogP contribution in [0.3, 0.4) is 0 Å². The number of hydrogen-bond donors (Lipinski definition) is 0. The van der Waals surface area contributed by atoms with E-state index in [9.17, 15) is 4.79 Å². The van der Waals surface area contributed by atoms with Crippen LogP contribution in [-0.2, 0) is 6.42 Å². The van der Waals surface area contributed by atoms with Crippen molar-refractivity contribution in [2.45, 2.75) is 32.7 Å². The first-order valence-corrected chi connectivity index (χ1v) is 7.34. The van der Waals surface area contributed by atoms with Gasteiger partial charge in [0.2, 0.25) is 0 Å². The lowest BCUT2D eigenvalue weighted by atomic mass is 10.1. The van der Waals surface area contributed by atoms with Crippen molar-refractivity contribution in [3.63, 3.8) is 0 Å². The fourth-order valence-electron chi connectivity index (χ4n) is 1.32. The molecule has 0 N–H and O–H groups in total. The van der Waals surface area contributed by atoms with Crippen molar-refractivity contribution in [2.75, 3.05) is 12.4 Å². The highest BCUT2D eigenvalue weighted by Crippen LogP contribution is 2.23. The standard InChI is InChI=1S/C12H18BrNOS/c1-5-9-6-7-16-10(9)11(15)14(4)12(2,3)8-13/h6-7H,5,8H2,1-4H3. The maximum atomic E-state index is 12.3. The van der Waals surface area contributed by atoms with Crippen molar-refractivity contribution >= 4 is 33.2 Å². The molecule has 0 radical (unpaired) electrons. The Bertz CT molecular complexity index is 373. The zero-order chi connectivity index (χ0) is 12.3. The molecule has 4 heteroatoms. The Kier molecular flexibility index (Phi) is 4.56. The maximum Gasteiger partial charge on any atom is 0.264 e. The number of hydrogen-bond acceptors (Lipinski definition) is 2. The fourth-order valence-corrected chi connectivity index (χ4v) is 2.66. The van der Waals surface area contributed by atoms with Crippen molar-refractivity contribution in [3.05, 3.63) is 21.9 Å². The minimum absolute atomic E-state index is 0.122. The molecule has 0 spiro atoms.